The smallest absolute Gasteiger partial charge is 0.243 e. The molecule has 1 amide bonds. The van der Waals surface area contributed by atoms with Crippen molar-refractivity contribution in [2.24, 2.45) is 23.5 Å². The van der Waals surface area contributed by atoms with Gasteiger partial charge in [-0.25, -0.2) is 8.42 Å². The molecule has 2 atom stereocenters. The molecule has 96 valence electrons. The normalized spacial score (nSPS) is 31.0. The summed E-state index contributed by atoms with van der Waals surface area (Å²) in [5, 5.41) is 0. The maximum absolute atomic E-state index is 12.3. The molecule has 6 heteroatoms. The minimum absolute atomic E-state index is 0.118. The van der Waals surface area contributed by atoms with Gasteiger partial charge in [0.25, 0.3) is 0 Å². The quantitative estimate of drug-likeness (QED) is 0.838. The van der Waals surface area contributed by atoms with E-state index in [1.165, 1.54) is 4.31 Å². The summed E-state index contributed by atoms with van der Waals surface area (Å²) in [4.78, 5) is 11.4. The van der Waals surface area contributed by atoms with Crippen molar-refractivity contribution >= 4 is 15.9 Å². The highest BCUT2D eigenvalue weighted by Gasteiger charge is 2.60. The highest BCUT2D eigenvalue weighted by atomic mass is 32.2. The van der Waals surface area contributed by atoms with E-state index in [9.17, 15) is 13.2 Å². The van der Waals surface area contributed by atoms with E-state index in [2.05, 4.69) is 0 Å². The van der Waals surface area contributed by atoms with Gasteiger partial charge in [0.2, 0.25) is 15.9 Å². The molecule has 1 aromatic carbocycles. The molecule has 1 aliphatic heterocycles. The molecule has 0 aromatic heterocycles. The largest absolute Gasteiger partial charge is 0.369 e. The molecular weight excluding hydrogens is 252 g/mol. The number of fused-ring (bicyclic) bond motifs is 1. The van der Waals surface area contributed by atoms with Gasteiger partial charge in [0.1, 0.15) is 0 Å². The average molecular weight is 266 g/mol. The van der Waals surface area contributed by atoms with E-state index in [-0.39, 0.29) is 23.7 Å². The van der Waals surface area contributed by atoms with E-state index in [0.29, 0.717) is 18.0 Å². The maximum Gasteiger partial charge on any atom is 0.243 e. The minimum atomic E-state index is -3.41. The number of benzene rings is 1. The summed E-state index contributed by atoms with van der Waals surface area (Å²) in [6, 6.07) is 8.37. The summed E-state index contributed by atoms with van der Waals surface area (Å²) < 4.78 is 26.0. The minimum Gasteiger partial charge on any atom is -0.369 e. The van der Waals surface area contributed by atoms with Crippen molar-refractivity contribution < 1.29 is 13.2 Å². The predicted octanol–water partition coefficient (Wildman–Crippen LogP) is 0.0384. The number of nitrogens with zero attached hydrogens (tertiary/aromatic N) is 1. The fraction of sp³-hybridized carbons (Fsp3) is 0.417. The second-order valence-electron chi connectivity index (χ2n) is 4.89. The van der Waals surface area contributed by atoms with Crippen molar-refractivity contribution in [3.05, 3.63) is 30.3 Å². The molecule has 1 aliphatic carbocycles. The SMILES string of the molecule is NC(=O)C1C2CN(S(=O)(=O)c3ccccc3)CC21. The number of hydrogen-bond donors (Lipinski definition) is 1. The molecule has 1 saturated heterocycles. The van der Waals surface area contributed by atoms with Crippen molar-refractivity contribution in [1.82, 2.24) is 4.31 Å². The summed E-state index contributed by atoms with van der Waals surface area (Å²) in [5.41, 5.74) is 5.25. The summed E-state index contributed by atoms with van der Waals surface area (Å²) >= 11 is 0. The summed E-state index contributed by atoms with van der Waals surface area (Å²) in [5.74, 6) is -0.170. The Labute approximate surface area is 106 Å². The first-order valence-corrected chi connectivity index (χ1v) is 7.30. The van der Waals surface area contributed by atoms with Crippen LogP contribution in [0.1, 0.15) is 0 Å². The zero-order valence-corrected chi connectivity index (χ0v) is 10.5. The zero-order chi connectivity index (χ0) is 12.9. The van der Waals surface area contributed by atoms with Gasteiger partial charge in [-0.15, -0.1) is 0 Å². The van der Waals surface area contributed by atoms with Crippen LogP contribution in [0.4, 0.5) is 0 Å². The Kier molecular flexibility index (Phi) is 2.46. The molecule has 2 fully saturated rings. The third-order valence-corrected chi connectivity index (χ3v) is 5.72. The van der Waals surface area contributed by atoms with Crippen LogP contribution in [0, 0.1) is 17.8 Å². The number of amides is 1. The molecular formula is C12H14N2O3S. The van der Waals surface area contributed by atoms with Crippen LogP contribution in [-0.2, 0) is 14.8 Å². The van der Waals surface area contributed by atoms with Crippen molar-refractivity contribution in [1.29, 1.82) is 0 Å². The summed E-state index contributed by atoms with van der Waals surface area (Å²) in [6.07, 6.45) is 0. The van der Waals surface area contributed by atoms with Crippen molar-refractivity contribution in [3.8, 4) is 0 Å². The zero-order valence-electron chi connectivity index (χ0n) is 9.69. The van der Waals surface area contributed by atoms with E-state index in [1.807, 2.05) is 0 Å². The molecule has 0 spiro atoms. The van der Waals surface area contributed by atoms with Crippen LogP contribution < -0.4 is 5.73 Å². The van der Waals surface area contributed by atoms with Crippen LogP contribution in [0.5, 0.6) is 0 Å². The molecule has 18 heavy (non-hydrogen) atoms. The van der Waals surface area contributed by atoms with Gasteiger partial charge in [0.15, 0.2) is 0 Å². The van der Waals surface area contributed by atoms with E-state index < -0.39 is 10.0 Å². The van der Waals surface area contributed by atoms with Gasteiger partial charge in [-0.3, -0.25) is 4.79 Å². The maximum atomic E-state index is 12.3. The molecule has 0 radical (unpaired) electrons. The van der Waals surface area contributed by atoms with Gasteiger partial charge in [-0.2, -0.15) is 4.31 Å². The van der Waals surface area contributed by atoms with Crippen LogP contribution in [0.3, 0.4) is 0 Å². The Morgan fingerprint density at radius 2 is 1.72 bits per heavy atom. The van der Waals surface area contributed by atoms with Crippen LogP contribution in [0.2, 0.25) is 0 Å². The lowest BCUT2D eigenvalue weighted by Crippen LogP contribution is -2.33. The monoisotopic (exact) mass is 266 g/mol. The first-order chi connectivity index (χ1) is 8.51. The lowest BCUT2D eigenvalue weighted by Gasteiger charge is -2.18. The third-order valence-electron chi connectivity index (χ3n) is 3.87. The van der Waals surface area contributed by atoms with Crippen LogP contribution in [0.15, 0.2) is 35.2 Å². The second-order valence-corrected chi connectivity index (χ2v) is 6.83. The number of piperidine rings is 1. The summed E-state index contributed by atoms with van der Waals surface area (Å²) in [6.45, 7) is 0.824. The van der Waals surface area contributed by atoms with Gasteiger partial charge < -0.3 is 5.73 Å². The fourth-order valence-corrected chi connectivity index (χ4v) is 4.38. The number of primary amides is 1. The van der Waals surface area contributed by atoms with Gasteiger partial charge in [0, 0.05) is 19.0 Å². The average Bonchev–Trinajstić information content (AvgIpc) is 2.86. The highest BCUT2D eigenvalue weighted by molar-refractivity contribution is 7.89. The number of carbonyl (C=O) groups is 1. The number of rotatable bonds is 3. The highest BCUT2D eigenvalue weighted by Crippen LogP contribution is 2.52. The molecule has 1 heterocycles. The molecule has 5 nitrogen and oxygen atoms in total. The van der Waals surface area contributed by atoms with Crippen molar-refractivity contribution in [2.75, 3.05) is 13.1 Å². The standard InChI is InChI=1S/C12H14N2O3S/c13-12(15)11-9-6-14(7-10(9)11)18(16,17)8-4-2-1-3-5-8/h1-5,9-11H,6-7H2,(H2,13,15). The number of hydrogen-bond acceptors (Lipinski definition) is 3. The summed E-state index contributed by atoms with van der Waals surface area (Å²) in [7, 11) is -3.41. The lowest BCUT2D eigenvalue weighted by atomic mass is 10.3. The van der Waals surface area contributed by atoms with Gasteiger partial charge >= 0.3 is 0 Å². The molecule has 2 unspecified atom stereocenters. The Bertz CT molecular complexity index is 573. The molecule has 1 saturated carbocycles. The number of sulfonamides is 1. The van der Waals surface area contributed by atoms with E-state index >= 15 is 0 Å². The number of nitrogens with two attached hydrogens (primary N) is 1. The molecule has 3 rings (SSSR count). The van der Waals surface area contributed by atoms with E-state index in [0.717, 1.165) is 0 Å². The molecule has 2 aliphatic rings. The first-order valence-electron chi connectivity index (χ1n) is 5.86. The Morgan fingerprint density at radius 3 is 2.22 bits per heavy atom. The van der Waals surface area contributed by atoms with Crippen LogP contribution in [0.25, 0.3) is 0 Å². The third kappa shape index (κ3) is 1.64. The first kappa shape index (κ1) is 11.7. The predicted molar refractivity (Wildman–Crippen MR) is 64.9 cm³/mol. The number of carbonyl (C=O) groups excluding carboxylic acids is 1. The van der Waals surface area contributed by atoms with Crippen LogP contribution in [-0.4, -0.2) is 31.7 Å². The van der Waals surface area contributed by atoms with E-state index in [1.54, 1.807) is 30.3 Å². The van der Waals surface area contributed by atoms with Gasteiger partial charge in [-0.1, -0.05) is 18.2 Å². The second kappa shape index (κ2) is 3.80. The van der Waals surface area contributed by atoms with Gasteiger partial charge in [0.05, 0.1) is 4.90 Å². The molecule has 2 N–H and O–H groups in total. The molecule has 0 bridgehead atoms. The van der Waals surface area contributed by atoms with E-state index in [4.69, 9.17) is 5.73 Å². The Morgan fingerprint density at radius 1 is 1.17 bits per heavy atom. The topological polar surface area (TPSA) is 80.5 Å². The Balaban J connectivity index is 1.78. The lowest BCUT2D eigenvalue weighted by molar-refractivity contribution is -0.120. The van der Waals surface area contributed by atoms with Gasteiger partial charge in [-0.05, 0) is 24.0 Å². The Hall–Kier alpha value is -1.40. The van der Waals surface area contributed by atoms with Crippen molar-refractivity contribution in [3.63, 3.8) is 0 Å². The molecule has 1 aromatic rings. The fourth-order valence-electron chi connectivity index (χ4n) is 2.85. The van der Waals surface area contributed by atoms with Crippen LogP contribution >= 0.6 is 0 Å². The van der Waals surface area contributed by atoms with Crippen molar-refractivity contribution in [2.45, 2.75) is 4.90 Å².